The molecule has 0 aromatic heterocycles. The lowest BCUT2D eigenvalue weighted by molar-refractivity contribution is -0.147. The monoisotopic (exact) mass is 255 g/mol. The summed E-state index contributed by atoms with van der Waals surface area (Å²) in [6, 6.07) is 7.53. The van der Waals surface area contributed by atoms with Crippen molar-refractivity contribution < 1.29 is 9.53 Å². The molecule has 0 saturated heterocycles. The van der Waals surface area contributed by atoms with Crippen LogP contribution < -0.4 is 5.32 Å². The summed E-state index contributed by atoms with van der Waals surface area (Å²) < 4.78 is 5.05. The summed E-state index contributed by atoms with van der Waals surface area (Å²) in [6.07, 6.45) is 0.664. The van der Waals surface area contributed by atoms with Crippen LogP contribution in [0.5, 0.6) is 0 Å². The molecule has 0 bridgehead atoms. The van der Waals surface area contributed by atoms with Gasteiger partial charge < -0.3 is 10.1 Å². The van der Waals surface area contributed by atoms with Crippen molar-refractivity contribution in [2.45, 2.75) is 13.3 Å². The summed E-state index contributed by atoms with van der Waals surface area (Å²) in [6.45, 7) is 2.84. The van der Waals surface area contributed by atoms with E-state index in [4.69, 9.17) is 16.3 Å². The van der Waals surface area contributed by atoms with Crippen LogP contribution in [0.1, 0.15) is 12.5 Å². The van der Waals surface area contributed by atoms with Crippen molar-refractivity contribution >= 4 is 17.6 Å². The van der Waals surface area contributed by atoms with Crippen molar-refractivity contribution in [1.82, 2.24) is 5.32 Å². The van der Waals surface area contributed by atoms with Crippen LogP contribution in [0.2, 0.25) is 5.02 Å². The second-order valence-electron chi connectivity index (χ2n) is 3.84. The molecule has 0 aliphatic carbocycles. The van der Waals surface area contributed by atoms with Crippen LogP contribution >= 0.6 is 11.6 Å². The molecule has 1 N–H and O–H groups in total. The van der Waals surface area contributed by atoms with Gasteiger partial charge in [0, 0.05) is 11.6 Å². The van der Waals surface area contributed by atoms with Gasteiger partial charge in [-0.3, -0.25) is 4.79 Å². The molecule has 0 aliphatic rings. The average molecular weight is 256 g/mol. The van der Waals surface area contributed by atoms with Gasteiger partial charge in [0.1, 0.15) is 0 Å². The minimum Gasteiger partial charge on any atom is -0.466 e. The smallest absolute Gasteiger partial charge is 0.310 e. The van der Waals surface area contributed by atoms with Gasteiger partial charge in [-0.25, -0.2) is 0 Å². The molecule has 0 spiro atoms. The zero-order valence-electron chi connectivity index (χ0n) is 10.2. The summed E-state index contributed by atoms with van der Waals surface area (Å²) in [5.74, 6) is -0.307. The maximum Gasteiger partial charge on any atom is 0.310 e. The van der Waals surface area contributed by atoms with Gasteiger partial charge in [-0.2, -0.15) is 0 Å². The van der Waals surface area contributed by atoms with E-state index in [1.165, 1.54) is 0 Å². The fourth-order valence-corrected chi connectivity index (χ4v) is 1.78. The lowest BCUT2D eigenvalue weighted by atomic mass is 9.99. The molecule has 1 aromatic carbocycles. The largest absolute Gasteiger partial charge is 0.466 e. The molecule has 0 heterocycles. The van der Waals surface area contributed by atoms with E-state index in [1.807, 2.05) is 38.2 Å². The highest BCUT2D eigenvalue weighted by Crippen LogP contribution is 2.14. The molecule has 0 unspecified atom stereocenters. The average Bonchev–Trinajstić information content (AvgIpc) is 2.31. The highest BCUT2D eigenvalue weighted by molar-refractivity contribution is 6.30. The Labute approximate surface area is 107 Å². The third kappa shape index (κ3) is 4.75. The number of halogens is 1. The molecule has 3 nitrogen and oxygen atoms in total. The Kier molecular flexibility index (Phi) is 6.01. The molecule has 1 atom stereocenters. The fraction of sp³-hybridized carbons (Fsp3) is 0.462. The van der Waals surface area contributed by atoms with E-state index in [1.54, 1.807) is 0 Å². The van der Waals surface area contributed by atoms with E-state index in [0.29, 0.717) is 24.6 Å². The minimum atomic E-state index is -0.156. The zero-order chi connectivity index (χ0) is 12.7. The lowest BCUT2D eigenvalue weighted by Gasteiger charge is -2.15. The maximum absolute atomic E-state index is 11.7. The zero-order valence-corrected chi connectivity index (χ0v) is 11.0. The van der Waals surface area contributed by atoms with Crippen molar-refractivity contribution in [1.29, 1.82) is 0 Å². The molecule has 0 radical (unpaired) electrons. The lowest BCUT2D eigenvalue weighted by Crippen LogP contribution is -2.29. The van der Waals surface area contributed by atoms with Crippen LogP contribution in [0.25, 0.3) is 0 Å². The molecular formula is C13H18ClNO2. The Balaban J connectivity index is 2.65. The van der Waals surface area contributed by atoms with Gasteiger partial charge in [-0.1, -0.05) is 23.7 Å². The number of esters is 1. The number of hydrogen-bond donors (Lipinski definition) is 1. The highest BCUT2D eigenvalue weighted by Gasteiger charge is 2.19. The van der Waals surface area contributed by atoms with Gasteiger partial charge in [0.25, 0.3) is 0 Å². The molecule has 17 heavy (non-hydrogen) atoms. The molecule has 94 valence electrons. The van der Waals surface area contributed by atoms with Crippen molar-refractivity contribution in [3.63, 3.8) is 0 Å². The number of hydrogen-bond acceptors (Lipinski definition) is 3. The summed E-state index contributed by atoms with van der Waals surface area (Å²) in [7, 11) is 1.83. The quantitative estimate of drug-likeness (QED) is 0.793. The first-order chi connectivity index (χ1) is 8.17. The van der Waals surface area contributed by atoms with Crippen molar-refractivity contribution in [3.8, 4) is 0 Å². The molecule has 0 fully saturated rings. The molecule has 0 amide bonds. The van der Waals surface area contributed by atoms with Crippen LogP contribution in [-0.4, -0.2) is 26.2 Å². The summed E-state index contributed by atoms with van der Waals surface area (Å²) in [4.78, 5) is 11.7. The Hall–Kier alpha value is -1.06. The second-order valence-corrected chi connectivity index (χ2v) is 4.27. The third-order valence-corrected chi connectivity index (χ3v) is 2.72. The van der Waals surface area contributed by atoms with E-state index in [-0.39, 0.29) is 11.9 Å². The highest BCUT2D eigenvalue weighted by atomic mass is 35.5. The number of carbonyl (C=O) groups excluding carboxylic acids is 1. The molecule has 0 aliphatic heterocycles. The van der Waals surface area contributed by atoms with E-state index >= 15 is 0 Å². The second kappa shape index (κ2) is 7.30. The van der Waals surface area contributed by atoms with Crippen LogP contribution in [0, 0.1) is 5.92 Å². The van der Waals surface area contributed by atoms with Gasteiger partial charge in [0.05, 0.1) is 12.5 Å². The number of rotatable bonds is 6. The Morgan fingerprint density at radius 1 is 1.41 bits per heavy atom. The first-order valence-electron chi connectivity index (χ1n) is 5.73. The minimum absolute atomic E-state index is 0.152. The van der Waals surface area contributed by atoms with Crippen LogP contribution in [-0.2, 0) is 16.0 Å². The number of ether oxygens (including phenoxy) is 1. The predicted octanol–water partition coefficient (Wildman–Crippen LogP) is 2.28. The van der Waals surface area contributed by atoms with Crippen LogP contribution in [0.15, 0.2) is 24.3 Å². The first kappa shape index (κ1) is 14.0. The van der Waals surface area contributed by atoms with E-state index in [0.717, 1.165) is 5.56 Å². The van der Waals surface area contributed by atoms with Crippen LogP contribution in [0.3, 0.4) is 0 Å². The maximum atomic E-state index is 11.7. The fourth-order valence-electron chi connectivity index (χ4n) is 1.65. The normalized spacial score (nSPS) is 12.2. The van der Waals surface area contributed by atoms with Gasteiger partial charge >= 0.3 is 5.97 Å². The topological polar surface area (TPSA) is 38.3 Å². The van der Waals surface area contributed by atoms with Crippen molar-refractivity contribution in [2.24, 2.45) is 5.92 Å². The standard InChI is InChI=1S/C13H18ClNO2/c1-3-17-13(16)11(9-15-2)8-10-4-6-12(14)7-5-10/h4-7,11,15H,3,8-9H2,1-2H3/t11-/m1/s1. The molecule has 1 aromatic rings. The third-order valence-electron chi connectivity index (χ3n) is 2.47. The Morgan fingerprint density at radius 3 is 2.59 bits per heavy atom. The summed E-state index contributed by atoms with van der Waals surface area (Å²) >= 11 is 5.82. The SMILES string of the molecule is CCOC(=O)[C@@H](CNC)Cc1ccc(Cl)cc1. The molecule has 4 heteroatoms. The number of benzene rings is 1. The molecule has 0 saturated carbocycles. The summed E-state index contributed by atoms with van der Waals surface area (Å²) in [5, 5.41) is 3.72. The van der Waals surface area contributed by atoms with E-state index in [9.17, 15) is 4.79 Å². The molecular weight excluding hydrogens is 238 g/mol. The Bertz CT molecular complexity index is 351. The van der Waals surface area contributed by atoms with Crippen molar-refractivity contribution in [3.05, 3.63) is 34.9 Å². The van der Waals surface area contributed by atoms with E-state index < -0.39 is 0 Å². The van der Waals surface area contributed by atoms with Gasteiger partial charge in [-0.15, -0.1) is 0 Å². The Morgan fingerprint density at radius 2 is 2.06 bits per heavy atom. The van der Waals surface area contributed by atoms with Crippen molar-refractivity contribution in [2.75, 3.05) is 20.2 Å². The van der Waals surface area contributed by atoms with Gasteiger partial charge in [0.2, 0.25) is 0 Å². The van der Waals surface area contributed by atoms with Gasteiger partial charge in [-0.05, 0) is 38.1 Å². The predicted molar refractivity (Wildman–Crippen MR) is 69.2 cm³/mol. The summed E-state index contributed by atoms with van der Waals surface area (Å²) in [5.41, 5.74) is 1.09. The van der Waals surface area contributed by atoms with Gasteiger partial charge in [0.15, 0.2) is 0 Å². The van der Waals surface area contributed by atoms with Crippen LogP contribution in [0.4, 0.5) is 0 Å². The number of carbonyl (C=O) groups is 1. The van der Waals surface area contributed by atoms with E-state index in [2.05, 4.69) is 5.32 Å². The molecule has 1 rings (SSSR count). The number of nitrogens with one attached hydrogen (secondary N) is 1. The first-order valence-corrected chi connectivity index (χ1v) is 6.10.